The van der Waals surface area contributed by atoms with Crippen molar-refractivity contribution in [2.24, 2.45) is 5.92 Å². The minimum atomic E-state index is -0.587. The molecule has 0 unspecified atom stereocenters. The highest BCUT2D eigenvalue weighted by Crippen LogP contribution is 2.23. The second-order valence-electron chi connectivity index (χ2n) is 7.02. The monoisotopic (exact) mass is 384 g/mol. The molecule has 0 bridgehead atoms. The molecular weight excluding hydrogens is 360 g/mol. The van der Waals surface area contributed by atoms with Gasteiger partial charge in [-0.05, 0) is 55.2 Å². The van der Waals surface area contributed by atoms with Gasteiger partial charge in [0.25, 0.3) is 11.8 Å². The van der Waals surface area contributed by atoms with Crippen LogP contribution in [0.3, 0.4) is 0 Å². The van der Waals surface area contributed by atoms with E-state index in [1.807, 2.05) is 0 Å². The summed E-state index contributed by atoms with van der Waals surface area (Å²) in [6.45, 7) is 1.82. The molecule has 7 heteroatoms. The minimum Gasteiger partial charge on any atom is -0.459 e. The fourth-order valence-electron chi connectivity index (χ4n) is 3.28. The van der Waals surface area contributed by atoms with E-state index in [9.17, 15) is 14.4 Å². The number of amides is 2. The largest absolute Gasteiger partial charge is 0.459 e. The lowest BCUT2D eigenvalue weighted by molar-refractivity contribution is -0.125. The Morgan fingerprint density at radius 1 is 1.11 bits per heavy atom. The van der Waals surface area contributed by atoms with Crippen molar-refractivity contribution in [3.05, 3.63) is 54.0 Å². The van der Waals surface area contributed by atoms with Gasteiger partial charge in [0.1, 0.15) is 0 Å². The first-order valence-corrected chi connectivity index (χ1v) is 9.44. The van der Waals surface area contributed by atoms with Gasteiger partial charge in [0.05, 0.1) is 11.8 Å². The molecule has 2 aromatic rings. The summed E-state index contributed by atoms with van der Waals surface area (Å²) in [5.41, 5.74) is 0.816. The first-order chi connectivity index (χ1) is 13.5. The van der Waals surface area contributed by atoms with Crippen molar-refractivity contribution in [1.29, 1.82) is 0 Å². The quantitative estimate of drug-likeness (QED) is 0.744. The summed E-state index contributed by atoms with van der Waals surface area (Å²) in [5.74, 6) is -0.613. The van der Waals surface area contributed by atoms with Crippen molar-refractivity contribution in [3.8, 4) is 0 Å². The number of hydrogen-bond donors (Lipinski definition) is 2. The lowest BCUT2D eigenvalue weighted by Gasteiger charge is -2.29. The topological polar surface area (TPSA) is 97.6 Å². The zero-order chi connectivity index (χ0) is 19.9. The van der Waals surface area contributed by atoms with Crippen LogP contribution in [0.2, 0.25) is 0 Å². The molecule has 1 heterocycles. The van der Waals surface area contributed by atoms with Crippen LogP contribution in [0.1, 0.15) is 53.5 Å². The Balaban J connectivity index is 1.46. The van der Waals surface area contributed by atoms with Crippen LogP contribution in [-0.2, 0) is 9.53 Å². The highest BCUT2D eigenvalue weighted by atomic mass is 16.5. The van der Waals surface area contributed by atoms with E-state index in [1.165, 1.54) is 24.8 Å². The number of esters is 1. The molecule has 7 nitrogen and oxygen atoms in total. The van der Waals surface area contributed by atoms with Crippen molar-refractivity contribution in [1.82, 2.24) is 5.32 Å². The normalized spacial score (nSPS) is 18.9. The molecule has 2 atom stereocenters. The lowest BCUT2D eigenvalue weighted by Crippen LogP contribution is -2.42. The fourth-order valence-corrected chi connectivity index (χ4v) is 3.28. The molecule has 1 aliphatic carbocycles. The van der Waals surface area contributed by atoms with Crippen LogP contribution < -0.4 is 10.6 Å². The van der Waals surface area contributed by atoms with Gasteiger partial charge in [0.2, 0.25) is 0 Å². The molecule has 1 aromatic heterocycles. The van der Waals surface area contributed by atoms with Gasteiger partial charge in [-0.1, -0.05) is 19.8 Å². The first kappa shape index (κ1) is 19.7. The van der Waals surface area contributed by atoms with E-state index < -0.39 is 5.97 Å². The van der Waals surface area contributed by atoms with Crippen LogP contribution in [0, 0.1) is 5.92 Å². The Labute approximate surface area is 163 Å². The molecule has 2 amide bonds. The summed E-state index contributed by atoms with van der Waals surface area (Å²) < 4.78 is 10.1. The van der Waals surface area contributed by atoms with Crippen LogP contribution in [-0.4, -0.2) is 30.4 Å². The second kappa shape index (κ2) is 9.21. The predicted octanol–water partition coefficient (Wildman–Crippen LogP) is 3.38. The van der Waals surface area contributed by atoms with E-state index in [4.69, 9.17) is 9.15 Å². The van der Waals surface area contributed by atoms with Gasteiger partial charge in [-0.25, -0.2) is 4.79 Å². The number of ether oxygens (including phenoxy) is 1. The van der Waals surface area contributed by atoms with Gasteiger partial charge in [0, 0.05) is 11.7 Å². The Morgan fingerprint density at radius 2 is 1.86 bits per heavy atom. The second-order valence-corrected chi connectivity index (χ2v) is 7.02. The summed E-state index contributed by atoms with van der Waals surface area (Å²) in [6, 6.07) is 9.56. The lowest BCUT2D eigenvalue weighted by atomic mass is 9.86. The zero-order valence-corrected chi connectivity index (χ0v) is 15.8. The molecule has 1 aromatic carbocycles. The van der Waals surface area contributed by atoms with Gasteiger partial charge in [0.15, 0.2) is 12.4 Å². The molecule has 0 aliphatic heterocycles. The molecule has 1 fully saturated rings. The molecule has 148 valence electrons. The Morgan fingerprint density at radius 3 is 2.54 bits per heavy atom. The number of benzene rings is 1. The number of nitrogens with one attached hydrogen (secondary N) is 2. The van der Waals surface area contributed by atoms with Crippen molar-refractivity contribution in [2.45, 2.75) is 38.6 Å². The number of anilines is 1. The third kappa shape index (κ3) is 5.22. The molecular formula is C21H24N2O5. The van der Waals surface area contributed by atoms with Gasteiger partial charge in [-0.3, -0.25) is 9.59 Å². The van der Waals surface area contributed by atoms with Gasteiger partial charge in [-0.15, -0.1) is 0 Å². The minimum absolute atomic E-state index is 0.150. The van der Waals surface area contributed by atoms with E-state index in [0.29, 0.717) is 17.2 Å². The van der Waals surface area contributed by atoms with E-state index >= 15 is 0 Å². The van der Waals surface area contributed by atoms with Crippen molar-refractivity contribution < 1.29 is 23.5 Å². The molecule has 3 rings (SSSR count). The summed E-state index contributed by atoms with van der Waals surface area (Å²) in [7, 11) is 0. The Hall–Kier alpha value is -3.09. The highest BCUT2D eigenvalue weighted by Gasteiger charge is 2.23. The Bertz CT molecular complexity index is 814. The summed E-state index contributed by atoms with van der Waals surface area (Å²) >= 11 is 0. The van der Waals surface area contributed by atoms with E-state index in [2.05, 4.69) is 17.6 Å². The molecule has 2 N–H and O–H groups in total. The zero-order valence-electron chi connectivity index (χ0n) is 15.8. The molecule has 0 saturated heterocycles. The van der Waals surface area contributed by atoms with Crippen LogP contribution >= 0.6 is 0 Å². The van der Waals surface area contributed by atoms with Gasteiger partial charge < -0.3 is 19.8 Å². The number of hydrogen-bond acceptors (Lipinski definition) is 5. The van der Waals surface area contributed by atoms with Gasteiger partial charge >= 0.3 is 5.97 Å². The SMILES string of the molecule is C[C@H]1CCCC[C@@H]1NC(=O)COC(=O)c1ccc(NC(=O)c2ccco2)cc1. The molecule has 1 aliphatic rings. The number of carbonyl (C=O) groups is 3. The fraction of sp³-hybridized carbons (Fsp3) is 0.381. The molecule has 0 spiro atoms. The van der Waals surface area contributed by atoms with Crippen molar-refractivity contribution in [3.63, 3.8) is 0 Å². The van der Waals surface area contributed by atoms with Crippen molar-refractivity contribution in [2.75, 3.05) is 11.9 Å². The number of carbonyl (C=O) groups excluding carboxylic acids is 3. The maximum absolute atomic E-state index is 12.1. The van der Waals surface area contributed by atoms with Crippen LogP contribution in [0.25, 0.3) is 0 Å². The van der Waals surface area contributed by atoms with Gasteiger partial charge in [-0.2, -0.15) is 0 Å². The average Bonchev–Trinajstić information content (AvgIpc) is 3.23. The maximum Gasteiger partial charge on any atom is 0.338 e. The highest BCUT2D eigenvalue weighted by molar-refractivity contribution is 6.02. The standard InChI is InChI=1S/C21H24N2O5/c1-14-5-2-3-6-17(14)23-19(24)13-28-21(26)15-8-10-16(11-9-15)22-20(25)18-7-4-12-27-18/h4,7-12,14,17H,2-3,5-6,13H2,1H3,(H,22,25)(H,23,24)/t14-,17-/m0/s1. The molecule has 1 saturated carbocycles. The van der Waals surface area contributed by atoms with Crippen LogP contribution in [0.4, 0.5) is 5.69 Å². The van der Waals surface area contributed by atoms with E-state index in [0.717, 1.165) is 19.3 Å². The third-order valence-corrected chi connectivity index (χ3v) is 4.92. The van der Waals surface area contributed by atoms with Crippen molar-refractivity contribution >= 4 is 23.5 Å². The van der Waals surface area contributed by atoms with E-state index in [1.54, 1.807) is 24.3 Å². The van der Waals surface area contributed by atoms with Crippen LogP contribution in [0.5, 0.6) is 0 Å². The average molecular weight is 384 g/mol. The van der Waals surface area contributed by atoms with E-state index in [-0.39, 0.29) is 30.2 Å². The smallest absolute Gasteiger partial charge is 0.338 e. The summed E-state index contributed by atoms with van der Waals surface area (Å²) in [4.78, 5) is 36.1. The molecule has 0 radical (unpaired) electrons. The molecule has 28 heavy (non-hydrogen) atoms. The van der Waals surface area contributed by atoms with Crippen LogP contribution in [0.15, 0.2) is 47.1 Å². The first-order valence-electron chi connectivity index (χ1n) is 9.44. The number of furan rings is 1. The predicted molar refractivity (Wildman–Crippen MR) is 103 cm³/mol. The summed E-state index contributed by atoms with van der Waals surface area (Å²) in [5, 5.41) is 5.61. The third-order valence-electron chi connectivity index (χ3n) is 4.92. The number of rotatable bonds is 6. The maximum atomic E-state index is 12.1. The Kier molecular flexibility index (Phi) is 6.47. The summed E-state index contributed by atoms with van der Waals surface area (Å²) in [6.07, 6.45) is 5.79.